The molecule has 1 aliphatic rings. The third-order valence-electron chi connectivity index (χ3n) is 2.20. The Morgan fingerprint density at radius 3 is 2.92 bits per heavy atom. The van der Waals surface area contributed by atoms with Gasteiger partial charge < -0.3 is 5.32 Å². The molecule has 2 nitrogen and oxygen atoms in total. The highest BCUT2D eigenvalue weighted by Gasteiger charge is 2.15. The Bertz CT molecular complexity index is 130. The highest BCUT2D eigenvalue weighted by atomic mass is 19.3. The zero-order chi connectivity index (χ0) is 8.97. The zero-order valence-electron chi connectivity index (χ0n) is 7.39. The molecule has 0 aromatic heterocycles. The van der Waals surface area contributed by atoms with Crippen molar-refractivity contribution in [2.75, 3.05) is 26.2 Å². The van der Waals surface area contributed by atoms with E-state index in [9.17, 15) is 8.78 Å². The van der Waals surface area contributed by atoms with Gasteiger partial charge in [0.15, 0.2) is 0 Å². The van der Waals surface area contributed by atoms with E-state index in [1.54, 1.807) is 0 Å². The van der Waals surface area contributed by atoms with E-state index >= 15 is 0 Å². The van der Waals surface area contributed by atoms with Crippen LogP contribution < -0.4 is 5.32 Å². The first-order valence-electron chi connectivity index (χ1n) is 4.42. The van der Waals surface area contributed by atoms with Gasteiger partial charge in [-0.1, -0.05) is 0 Å². The molecule has 0 bridgehead atoms. The van der Waals surface area contributed by atoms with Crippen LogP contribution in [0.5, 0.6) is 0 Å². The standard InChI is InChI=1S/C8H16F2N2/c1-7-2-4-12(5-3-11-7)6-8(9)10/h7-8,11H,2-6H2,1H3. The molecule has 0 amide bonds. The fourth-order valence-corrected chi connectivity index (χ4v) is 1.44. The molecule has 0 aliphatic carbocycles. The van der Waals surface area contributed by atoms with Gasteiger partial charge >= 0.3 is 0 Å². The van der Waals surface area contributed by atoms with Crippen molar-refractivity contribution in [2.45, 2.75) is 25.8 Å². The third kappa shape index (κ3) is 3.45. The summed E-state index contributed by atoms with van der Waals surface area (Å²) in [6.45, 7) is 4.38. The summed E-state index contributed by atoms with van der Waals surface area (Å²) in [7, 11) is 0. The highest BCUT2D eigenvalue weighted by Crippen LogP contribution is 2.03. The van der Waals surface area contributed by atoms with Crippen LogP contribution in [0.2, 0.25) is 0 Å². The van der Waals surface area contributed by atoms with E-state index in [1.165, 1.54) is 0 Å². The molecule has 1 rings (SSSR count). The Hall–Kier alpha value is -0.220. The lowest BCUT2D eigenvalue weighted by atomic mass is 10.2. The summed E-state index contributed by atoms with van der Waals surface area (Å²) in [6, 6.07) is 0.465. The number of nitrogens with zero attached hydrogens (tertiary/aromatic N) is 1. The van der Waals surface area contributed by atoms with Gasteiger partial charge in [-0.25, -0.2) is 8.78 Å². The van der Waals surface area contributed by atoms with Crippen LogP contribution in [0.4, 0.5) is 8.78 Å². The van der Waals surface area contributed by atoms with Crippen LogP contribution in [0.25, 0.3) is 0 Å². The summed E-state index contributed by atoms with van der Waals surface area (Å²) in [4.78, 5) is 1.82. The van der Waals surface area contributed by atoms with Gasteiger partial charge in [-0.15, -0.1) is 0 Å². The fourth-order valence-electron chi connectivity index (χ4n) is 1.44. The van der Waals surface area contributed by atoms with Gasteiger partial charge in [0, 0.05) is 19.1 Å². The third-order valence-corrected chi connectivity index (χ3v) is 2.20. The van der Waals surface area contributed by atoms with Crippen molar-refractivity contribution in [2.24, 2.45) is 0 Å². The van der Waals surface area contributed by atoms with Gasteiger partial charge in [0.05, 0.1) is 6.54 Å². The molecule has 12 heavy (non-hydrogen) atoms. The molecule has 1 heterocycles. The number of halogens is 2. The van der Waals surface area contributed by atoms with Crippen molar-refractivity contribution in [3.8, 4) is 0 Å². The molecule has 1 unspecified atom stereocenters. The molecule has 4 heteroatoms. The highest BCUT2D eigenvalue weighted by molar-refractivity contribution is 4.71. The minimum atomic E-state index is -2.20. The Kier molecular flexibility index (Phi) is 3.88. The van der Waals surface area contributed by atoms with E-state index in [2.05, 4.69) is 12.2 Å². The Morgan fingerprint density at radius 1 is 1.50 bits per heavy atom. The number of rotatable bonds is 2. The molecule has 1 fully saturated rings. The summed E-state index contributed by atoms with van der Waals surface area (Å²) >= 11 is 0. The quantitative estimate of drug-likeness (QED) is 0.677. The van der Waals surface area contributed by atoms with Gasteiger partial charge in [-0.3, -0.25) is 4.90 Å². The summed E-state index contributed by atoms with van der Waals surface area (Å²) in [5.41, 5.74) is 0. The average molecular weight is 178 g/mol. The predicted octanol–water partition coefficient (Wildman–Crippen LogP) is 0.935. The molecule has 0 spiro atoms. The largest absolute Gasteiger partial charge is 0.313 e. The number of hydrogen-bond acceptors (Lipinski definition) is 2. The second kappa shape index (κ2) is 4.72. The van der Waals surface area contributed by atoms with Crippen molar-refractivity contribution in [3.63, 3.8) is 0 Å². The van der Waals surface area contributed by atoms with E-state index in [0.717, 1.165) is 26.1 Å². The molecule has 72 valence electrons. The van der Waals surface area contributed by atoms with Crippen LogP contribution in [-0.2, 0) is 0 Å². The second-order valence-corrected chi connectivity index (χ2v) is 3.34. The zero-order valence-corrected chi connectivity index (χ0v) is 7.39. The molecule has 1 atom stereocenters. The molecule has 0 saturated carbocycles. The van der Waals surface area contributed by atoms with Gasteiger partial charge in [0.2, 0.25) is 0 Å². The molecule has 0 radical (unpaired) electrons. The molecule has 1 N–H and O–H groups in total. The van der Waals surface area contributed by atoms with Gasteiger partial charge in [-0.05, 0) is 19.9 Å². The first-order chi connectivity index (χ1) is 5.68. The fraction of sp³-hybridized carbons (Fsp3) is 1.00. The Balaban J connectivity index is 2.26. The number of hydrogen-bond donors (Lipinski definition) is 1. The van der Waals surface area contributed by atoms with Crippen molar-refractivity contribution in [1.29, 1.82) is 0 Å². The van der Waals surface area contributed by atoms with Crippen LogP contribution in [-0.4, -0.2) is 43.5 Å². The van der Waals surface area contributed by atoms with Crippen LogP contribution in [0.15, 0.2) is 0 Å². The predicted molar refractivity (Wildman–Crippen MR) is 44.5 cm³/mol. The van der Waals surface area contributed by atoms with E-state index < -0.39 is 6.43 Å². The molecular formula is C8H16F2N2. The Labute approximate surface area is 71.9 Å². The van der Waals surface area contributed by atoms with Gasteiger partial charge in [0.25, 0.3) is 6.43 Å². The van der Waals surface area contributed by atoms with Crippen molar-refractivity contribution >= 4 is 0 Å². The first-order valence-corrected chi connectivity index (χ1v) is 4.42. The average Bonchev–Trinajstić information content (AvgIpc) is 2.15. The van der Waals surface area contributed by atoms with Crippen molar-refractivity contribution < 1.29 is 8.78 Å². The van der Waals surface area contributed by atoms with E-state index in [0.29, 0.717) is 6.04 Å². The lowest BCUT2D eigenvalue weighted by Crippen LogP contribution is -2.32. The summed E-state index contributed by atoms with van der Waals surface area (Å²) < 4.78 is 24.0. The molecule has 0 aromatic rings. The minimum absolute atomic E-state index is 0.0750. The maximum Gasteiger partial charge on any atom is 0.251 e. The monoisotopic (exact) mass is 178 g/mol. The maximum atomic E-state index is 12.0. The van der Waals surface area contributed by atoms with Crippen LogP contribution in [0.1, 0.15) is 13.3 Å². The number of alkyl halides is 2. The second-order valence-electron chi connectivity index (χ2n) is 3.34. The molecule has 1 aliphatic heterocycles. The topological polar surface area (TPSA) is 15.3 Å². The van der Waals surface area contributed by atoms with E-state index in [1.807, 2.05) is 4.90 Å². The van der Waals surface area contributed by atoms with Crippen molar-refractivity contribution in [3.05, 3.63) is 0 Å². The first kappa shape index (κ1) is 9.86. The lowest BCUT2D eigenvalue weighted by molar-refractivity contribution is 0.0912. The van der Waals surface area contributed by atoms with Gasteiger partial charge in [0.1, 0.15) is 0 Å². The SMILES string of the molecule is CC1CCN(CC(F)F)CCN1. The lowest BCUT2D eigenvalue weighted by Gasteiger charge is -2.18. The van der Waals surface area contributed by atoms with Crippen LogP contribution in [0, 0.1) is 0 Å². The van der Waals surface area contributed by atoms with E-state index in [4.69, 9.17) is 0 Å². The van der Waals surface area contributed by atoms with Crippen LogP contribution >= 0.6 is 0 Å². The molecule has 1 saturated heterocycles. The summed E-state index contributed by atoms with van der Waals surface area (Å²) in [5.74, 6) is 0. The van der Waals surface area contributed by atoms with Crippen molar-refractivity contribution in [1.82, 2.24) is 10.2 Å². The Morgan fingerprint density at radius 2 is 2.25 bits per heavy atom. The van der Waals surface area contributed by atoms with Crippen LogP contribution in [0.3, 0.4) is 0 Å². The summed E-state index contributed by atoms with van der Waals surface area (Å²) in [6.07, 6.45) is -1.23. The minimum Gasteiger partial charge on any atom is -0.313 e. The summed E-state index contributed by atoms with van der Waals surface area (Å²) in [5, 5.41) is 3.26. The van der Waals surface area contributed by atoms with E-state index in [-0.39, 0.29) is 6.54 Å². The van der Waals surface area contributed by atoms with Gasteiger partial charge in [-0.2, -0.15) is 0 Å². The smallest absolute Gasteiger partial charge is 0.251 e. The normalized spacial score (nSPS) is 27.5. The molecular weight excluding hydrogens is 162 g/mol. The number of nitrogens with one attached hydrogen (secondary N) is 1. The maximum absolute atomic E-state index is 12.0. The molecule has 0 aromatic carbocycles.